The van der Waals surface area contributed by atoms with Gasteiger partial charge in [0.05, 0.1) is 0 Å². The lowest BCUT2D eigenvalue weighted by molar-refractivity contribution is 0.953. The van der Waals surface area contributed by atoms with Crippen molar-refractivity contribution in [3.63, 3.8) is 0 Å². The minimum absolute atomic E-state index is 0.881. The molecule has 0 amide bonds. The fourth-order valence-corrected chi connectivity index (χ4v) is 2.42. The van der Waals surface area contributed by atoms with E-state index in [1.165, 1.54) is 4.90 Å². The van der Waals surface area contributed by atoms with Gasteiger partial charge in [-0.3, -0.25) is 0 Å². The molecule has 0 spiro atoms. The second kappa shape index (κ2) is 6.75. The molecule has 0 aliphatic rings. The van der Waals surface area contributed by atoms with Crippen LogP contribution in [0.4, 0.5) is 5.82 Å². The Morgan fingerprint density at radius 3 is 2.72 bits per heavy atom. The summed E-state index contributed by atoms with van der Waals surface area (Å²) in [6.45, 7) is 3.06. The van der Waals surface area contributed by atoms with E-state index < -0.39 is 0 Å². The molecule has 0 aliphatic heterocycles. The summed E-state index contributed by atoms with van der Waals surface area (Å²) in [5.74, 6) is 0.881. The molecule has 1 N–H and O–H groups in total. The number of hydrogen-bond donors (Lipinski definition) is 1. The first-order valence-electron chi connectivity index (χ1n) is 5.77. The molecule has 0 fully saturated rings. The molecule has 94 valence electrons. The molecule has 2 aromatic rings. The molecule has 18 heavy (non-hydrogen) atoms. The van der Waals surface area contributed by atoms with E-state index in [1.54, 1.807) is 18.1 Å². The highest BCUT2D eigenvalue weighted by atomic mass is 79.9. The van der Waals surface area contributed by atoms with Gasteiger partial charge in [-0.15, -0.1) is 0 Å². The number of nitrogens with zero attached hydrogens (tertiary/aromatic N) is 2. The van der Waals surface area contributed by atoms with Crippen LogP contribution in [0.25, 0.3) is 0 Å². The molecule has 0 atom stereocenters. The van der Waals surface area contributed by atoms with Crippen LogP contribution in [0.3, 0.4) is 0 Å². The molecule has 0 bridgehead atoms. The zero-order valence-corrected chi connectivity index (χ0v) is 12.5. The molecule has 3 nitrogen and oxygen atoms in total. The van der Waals surface area contributed by atoms with Gasteiger partial charge in [0.2, 0.25) is 0 Å². The van der Waals surface area contributed by atoms with Gasteiger partial charge < -0.3 is 5.32 Å². The average molecular weight is 324 g/mol. The lowest BCUT2D eigenvalue weighted by atomic mass is 10.4. The van der Waals surface area contributed by atoms with Gasteiger partial charge in [-0.25, -0.2) is 9.97 Å². The maximum absolute atomic E-state index is 4.27. The molecule has 1 aromatic heterocycles. The molecule has 0 saturated carbocycles. The zero-order valence-electron chi connectivity index (χ0n) is 10.1. The largest absolute Gasteiger partial charge is 0.370 e. The average Bonchev–Trinajstić information content (AvgIpc) is 2.40. The number of benzene rings is 1. The fourth-order valence-electron chi connectivity index (χ4n) is 1.37. The second-order valence-corrected chi connectivity index (χ2v) is 5.73. The Hall–Kier alpha value is -1.07. The Bertz CT molecular complexity index is 502. The van der Waals surface area contributed by atoms with Crippen LogP contribution in [0.2, 0.25) is 0 Å². The lowest BCUT2D eigenvalue weighted by Gasteiger charge is -2.05. The van der Waals surface area contributed by atoms with Crippen molar-refractivity contribution in [3.05, 3.63) is 41.1 Å². The van der Waals surface area contributed by atoms with Crippen LogP contribution in [0.1, 0.15) is 13.3 Å². The highest BCUT2D eigenvalue weighted by Crippen LogP contribution is 2.27. The molecular weight excluding hydrogens is 310 g/mol. The molecule has 0 saturated heterocycles. The maximum Gasteiger partial charge on any atom is 0.130 e. The predicted octanol–water partition coefficient (Wildman–Crippen LogP) is 4.21. The minimum Gasteiger partial charge on any atom is -0.370 e. The molecule has 0 unspecified atom stereocenters. The Labute approximate surface area is 120 Å². The topological polar surface area (TPSA) is 37.8 Å². The van der Waals surface area contributed by atoms with E-state index >= 15 is 0 Å². The van der Waals surface area contributed by atoms with E-state index in [0.717, 1.165) is 28.3 Å². The molecule has 5 heteroatoms. The van der Waals surface area contributed by atoms with Crippen molar-refractivity contribution in [2.45, 2.75) is 23.3 Å². The van der Waals surface area contributed by atoms with Crippen LogP contribution in [-0.2, 0) is 0 Å². The van der Waals surface area contributed by atoms with Gasteiger partial charge in [-0.2, -0.15) is 0 Å². The van der Waals surface area contributed by atoms with E-state index in [2.05, 4.69) is 50.3 Å². The summed E-state index contributed by atoms with van der Waals surface area (Å²) in [6.07, 6.45) is 2.68. The Morgan fingerprint density at radius 2 is 2.00 bits per heavy atom. The molecule has 0 aliphatic carbocycles. The van der Waals surface area contributed by atoms with Crippen LogP contribution in [0.15, 0.2) is 51.1 Å². The number of anilines is 1. The summed E-state index contributed by atoms with van der Waals surface area (Å²) in [4.78, 5) is 9.62. The van der Waals surface area contributed by atoms with E-state index in [-0.39, 0.29) is 0 Å². The first-order valence-corrected chi connectivity index (χ1v) is 7.38. The van der Waals surface area contributed by atoms with Crippen LogP contribution >= 0.6 is 27.7 Å². The third-order valence-corrected chi connectivity index (χ3v) is 3.70. The summed E-state index contributed by atoms with van der Waals surface area (Å²) >= 11 is 5.06. The number of aromatic nitrogens is 2. The summed E-state index contributed by atoms with van der Waals surface area (Å²) in [7, 11) is 0. The maximum atomic E-state index is 4.27. The van der Waals surface area contributed by atoms with E-state index in [0.29, 0.717) is 0 Å². The van der Waals surface area contributed by atoms with Crippen LogP contribution in [0, 0.1) is 0 Å². The molecule has 2 rings (SSSR count). The first-order chi connectivity index (χ1) is 8.78. The lowest BCUT2D eigenvalue weighted by Crippen LogP contribution is -2.02. The predicted molar refractivity (Wildman–Crippen MR) is 79.1 cm³/mol. The third-order valence-electron chi connectivity index (χ3n) is 2.23. The summed E-state index contributed by atoms with van der Waals surface area (Å²) < 4.78 is 1.08. The smallest absolute Gasteiger partial charge is 0.130 e. The second-order valence-electron chi connectivity index (χ2n) is 3.72. The highest BCUT2D eigenvalue weighted by molar-refractivity contribution is 9.10. The van der Waals surface area contributed by atoms with E-state index in [1.807, 2.05) is 18.2 Å². The molecular formula is C13H14BrN3S. The summed E-state index contributed by atoms with van der Waals surface area (Å²) in [5.41, 5.74) is 0. The van der Waals surface area contributed by atoms with Crippen LogP contribution in [-0.4, -0.2) is 16.5 Å². The van der Waals surface area contributed by atoms with Crippen molar-refractivity contribution >= 4 is 33.5 Å². The van der Waals surface area contributed by atoms with Crippen molar-refractivity contribution < 1.29 is 0 Å². The SMILES string of the molecule is CCCNc1cc(Sc2ccc(Br)cc2)ncn1. The van der Waals surface area contributed by atoms with Crippen molar-refractivity contribution in [2.75, 3.05) is 11.9 Å². The molecule has 1 aromatic carbocycles. The van der Waals surface area contributed by atoms with Gasteiger partial charge in [0.15, 0.2) is 0 Å². The monoisotopic (exact) mass is 323 g/mol. The van der Waals surface area contributed by atoms with Crippen LogP contribution in [0.5, 0.6) is 0 Å². The fraction of sp³-hybridized carbons (Fsp3) is 0.231. The number of nitrogens with one attached hydrogen (secondary N) is 1. The van der Waals surface area contributed by atoms with Crippen molar-refractivity contribution in [1.29, 1.82) is 0 Å². The van der Waals surface area contributed by atoms with Gasteiger partial charge in [0.25, 0.3) is 0 Å². The van der Waals surface area contributed by atoms with Gasteiger partial charge in [0.1, 0.15) is 17.2 Å². The first kappa shape index (κ1) is 13.4. The standard InChI is InChI=1S/C13H14BrN3S/c1-2-7-15-12-8-13(17-9-16-12)18-11-5-3-10(14)4-6-11/h3-6,8-9H,2,7H2,1H3,(H,15,16,17). The summed E-state index contributed by atoms with van der Waals surface area (Å²) in [6, 6.07) is 10.2. The minimum atomic E-state index is 0.881. The third kappa shape index (κ3) is 3.99. The van der Waals surface area contributed by atoms with Gasteiger partial charge in [-0.1, -0.05) is 34.6 Å². The van der Waals surface area contributed by atoms with Crippen molar-refractivity contribution in [1.82, 2.24) is 9.97 Å². The Balaban J connectivity index is 2.06. The van der Waals surface area contributed by atoms with Gasteiger partial charge >= 0.3 is 0 Å². The number of hydrogen-bond acceptors (Lipinski definition) is 4. The van der Waals surface area contributed by atoms with Crippen molar-refractivity contribution in [2.24, 2.45) is 0 Å². The summed E-state index contributed by atoms with van der Waals surface area (Å²) in [5, 5.41) is 4.21. The molecule has 1 heterocycles. The van der Waals surface area contributed by atoms with Gasteiger partial charge in [-0.05, 0) is 30.7 Å². The highest BCUT2D eigenvalue weighted by Gasteiger charge is 2.01. The number of rotatable bonds is 5. The van der Waals surface area contributed by atoms with Gasteiger partial charge in [0, 0.05) is 22.0 Å². The Kier molecular flexibility index (Phi) is 5.01. The zero-order chi connectivity index (χ0) is 12.8. The van der Waals surface area contributed by atoms with Crippen LogP contribution < -0.4 is 5.32 Å². The Morgan fingerprint density at radius 1 is 1.22 bits per heavy atom. The molecule has 0 radical (unpaired) electrons. The quantitative estimate of drug-likeness (QED) is 0.836. The number of halogens is 1. The van der Waals surface area contributed by atoms with Crippen molar-refractivity contribution in [3.8, 4) is 0 Å². The van der Waals surface area contributed by atoms with E-state index in [4.69, 9.17) is 0 Å². The van der Waals surface area contributed by atoms with E-state index in [9.17, 15) is 0 Å². The normalized spacial score (nSPS) is 10.3.